The molecule has 0 amide bonds. The summed E-state index contributed by atoms with van der Waals surface area (Å²) in [6.45, 7) is 12.1. The molecule has 0 aromatic heterocycles. The van der Waals surface area contributed by atoms with E-state index in [1.165, 1.54) is 19.3 Å². The Hall–Kier alpha value is 0. The number of hydrogen-bond donors (Lipinski definition) is 0. The molecule has 88 valence electrons. The van der Waals surface area contributed by atoms with Crippen LogP contribution in [0.5, 0.6) is 0 Å². The Kier molecular flexibility index (Phi) is 2.90. The van der Waals surface area contributed by atoms with E-state index in [0.717, 1.165) is 35.0 Å². The molecule has 0 aliphatic heterocycles. The van der Waals surface area contributed by atoms with Gasteiger partial charge in [-0.3, -0.25) is 0 Å². The van der Waals surface area contributed by atoms with E-state index in [-0.39, 0.29) is 0 Å². The maximum Gasteiger partial charge on any atom is -0.0230 e. The maximum absolute atomic E-state index is 2.49. The zero-order valence-corrected chi connectivity index (χ0v) is 11.2. The van der Waals surface area contributed by atoms with E-state index in [0.29, 0.717) is 0 Å². The average molecular weight is 208 g/mol. The highest BCUT2D eigenvalue weighted by molar-refractivity contribution is 5.19. The minimum Gasteiger partial charge on any atom is -0.0651 e. The monoisotopic (exact) mass is 208 g/mol. The summed E-state index contributed by atoms with van der Waals surface area (Å²) in [5, 5.41) is 0. The summed E-state index contributed by atoms with van der Waals surface area (Å²) in [5.74, 6) is 5.06. The lowest BCUT2D eigenvalue weighted by Gasteiger charge is -2.46. The Labute approximate surface area is 95.8 Å². The highest BCUT2D eigenvalue weighted by atomic mass is 14.8. The van der Waals surface area contributed by atoms with Crippen molar-refractivity contribution >= 4 is 0 Å². The molecule has 2 saturated carbocycles. The minimum atomic E-state index is 0.830. The highest BCUT2D eigenvalue weighted by Crippen LogP contribution is 2.77. The zero-order valence-electron chi connectivity index (χ0n) is 11.2. The van der Waals surface area contributed by atoms with Crippen LogP contribution in [0.25, 0.3) is 0 Å². The van der Waals surface area contributed by atoms with Gasteiger partial charge in [-0.05, 0) is 47.8 Å². The van der Waals surface area contributed by atoms with Crippen LogP contribution < -0.4 is 0 Å². The first-order valence-corrected chi connectivity index (χ1v) is 7.03. The number of hydrogen-bond acceptors (Lipinski definition) is 0. The first-order valence-electron chi connectivity index (χ1n) is 7.03. The first kappa shape index (κ1) is 11.5. The van der Waals surface area contributed by atoms with Gasteiger partial charge < -0.3 is 0 Å². The van der Waals surface area contributed by atoms with Crippen molar-refractivity contribution < 1.29 is 0 Å². The predicted molar refractivity (Wildman–Crippen MR) is 66.7 cm³/mol. The van der Waals surface area contributed by atoms with Crippen molar-refractivity contribution in [3.63, 3.8) is 0 Å². The molecule has 0 heterocycles. The van der Waals surface area contributed by atoms with Crippen molar-refractivity contribution in [2.45, 2.75) is 60.3 Å². The van der Waals surface area contributed by atoms with Gasteiger partial charge in [0.25, 0.3) is 0 Å². The summed E-state index contributed by atoms with van der Waals surface area (Å²) in [4.78, 5) is 0. The third-order valence-corrected chi connectivity index (χ3v) is 5.56. The number of fused-ring (bicyclic) bond motifs is 1. The predicted octanol–water partition coefficient (Wildman–Crippen LogP) is 4.74. The highest BCUT2D eigenvalue weighted by Gasteiger charge is 2.71. The maximum atomic E-state index is 2.49. The SMILES string of the molecule is CCC(C)CCC12CC1C(C)C2C(C)C. The Morgan fingerprint density at radius 2 is 1.93 bits per heavy atom. The second kappa shape index (κ2) is 3.79. The summed E-state index contributed by atoms with van der Waals surface area (Å²) >= 11 is 0. The van der Waals surface area contributed by atoms with Crippen molar-refractivity contribution in [2.24, 2.45) is 35.0 Å². The van der Waals surface area contributed by atoms with E-state index >= 15 is 0 Å². The van der Waals surface area contributed by atoms with Gasteiger partial charge in [0.05, 0.1) is 0 Å². The van der Waals surface area contributed by atoms with Crippen molar-refractivity contribution in [3.8, 4) is 0 Å². The van der Waals surface area contributed by atoms with Crippen LogP contribution in [0, 0.1) is 35.0 Å². The van der Waals surface area contributed by atoms with Crippen molar-refractivity contribution in [3.05, 3.63) is 0 Å². The van der Waals surface area contributed by atoms with Crippen LogP contribution >= 0.6 is 0 Å². The van der Waals surface area contributed by atoms with E-state index in [1.54, 1.807) is 6.42 Å². The standard InChI is InChI=1S/C15H28/c1-6-11(4)7-8-15-9-13(15)12(5)14(15)10(2)3/h10-14H,6-9H2,1-5H3. The van der Waals surface area contributed by atoms with Crippen LogP contribution in [0.4, 0.5) is 0 Å². The molecule has 0 saturated heterocycles. The smallest absolute Gasteiger partial charge is 0.0230 e. The quantitative estimate of drug-likeness (QED) is 0.612. The van der Waals surface area contributed by atoms with E-state index in [1.807, 2.05) is 0 Å². The molecule has 2 fully saturated rings. The minimum absolute atomic E-state index is 0.830. The molecule has 0 spiro atoms. The Morgan fingerprint density at radius 3 is 2.40 bits per heavy atom. The van der Waals surface area contributed by atoms with Crippen molar-refractivity contribution in [2.75, 3.05) is 0 Å². The second-order valence-electron chi connectivity index (χ2n) is 6.72. The molecule has 0 aromatic rings. The third kappa shape index (κ3) is 1.65. The van der Waals surface area contributed by atoms with Crippen LogP contribution in [-0.2, 0) is 0 Å². The summed E-state index contributed by atoms with van der Waals surface area (Å²) in [6.07, 6.45) is 5.93. The molecule has 0 nitrogen and oxygen atoms in total. The second-order valence-corrected chi connectivity index (χ2v) is 6.72. The lowest BCUT2D eigenvalue weighted by molar-refractivity contribution is 0.0196. The Bertz CT molecular complexity index is 230. The zero-order chi connectivity index (χ0) is 11.2. The molecule has 5 unspecified atom stereocenters. The van der Waals surface area contributed by atoms with Crippen LogP contribution in [0.1, 0.15) is 60.3 Å². The van der Waals surface area contributed by atoms with Crippen LogP contribution in [0.15, 0.2) is 0 Å². The molecule has 2 aliphatic carbocycles. The molecule has 0 heteroatoms. The molecule has 0 bridgehead atoms. The Morgan fingerprint density at radius 1 is 1.27 bits per heavy atom. The van der Waals surface area contributed by atoms with Crippen molar-refractivity contribution in [1.29, 1.82) is 0 Å². The van der Waals surface area contributed by atoms with Gasteiger partial charge in [-0.15, -0.1) is 0 Å². The van der Waals surface area contributed by atoms with Crippen LogP contribution in [-0.4, -0.2) is 0 Å². The fourth-order valence-electron chi connectivity index (χ4n) is 4.54. The molecule has 0 radical (unpaired) electrons. The van der Waals surface area contributed by atoms with E-state index in [2.05, 4.69) is 34.6 Å². The molecular weight excluding hydrogens is 180 g/mol. The van der Waals surface area contributed by atoms with Gasteiger partial charge in [0, 0.05) is 0 Å². The normalized spacial score (nSPS) is 44.8. The molecule has 5 atom stereocenters. The van der Waals surface area contributed by atoms with Crippen molar-refractivity contribution in [1.82, 2.24) is 0 Å². The van der Waals surface area contributed by atoms with Crippen LogP contribution in [0.2, 0.25) is 0 Å². The summed E-state index contributed by atoms with van der Waals surface area (Å²) in [6, 6.07) is 0. The summed E-state index contributed by atoms with van der Waals surface area (Å²) in [7, 11) is 0. The van der Waals surface area contributed by atoms with Gasteiger partial charge in [-0.1, -0.05) is 47.5 Å². The van der Waals surface area contributed by atoms with Gasteiger partial charge >= 0.3 is 0 Å². The largest absolute Gasteiger partial charge is 0.0651 e. The lowest BCUT2D eigenvalue weighted by atomic mass is 9.59. The summed E-state index contributed by atoms with van der Waals surface area (Å²) < 4.78 is 0. The lowest BCUT2D eigenvalue weighted by Crippen LogP contribution is -2.40. The average Bonchev–Trinajstić information content (AvgIpc) is 2.82. The van der Waals surface area contributed by atoms with E-state index in [4.69, 9.17) is 0 Å². The van der Waals surface area contributed by atoms with Gasteiger partial charge in [0.2, 0.25) is 0 Å². The molecule has 0 aromatic carbocycles. The fraction of sp³-hybridized carbons (Fsp3) is 1.00. The van der Waals surface area contributed by atoms with E-state index in [9.17, 15) is 0 Å². The van der Waals surface area contributed by atoms with Crippen LogP contribution in [0.3, 0.4) is 0 Å². The third-order valence-electron chi connectivity index (χ3n) is 5.56. The summed E-state index contributed by atoms with van der Waals surface area (Å²) in [5.41, 5.74) is 0.830. The molecular formula is C15H28. The Balaban J connectivity index is 1.88. The molecule has 15 heavy (non-hydrogen) atoms. The topological polar surface area (TPSA) is 0 Å². The van der Waals surface area contributed by atoms with Gasteiger partial charge in [0.15, 0.2) is 0 Å². The molecule has 2 aliphatic rings. The number of rotatable bonds is 5. The fourth-order valence-corrected chi connectivity index (χ4v) is 4.54. The molecule has 2 rings (SSSR count). The first-order chi connectivity index (χ1) is 7.03. The van der Waals surface area contributed by atoms with Gasteiger partial charge in [-0.25, -0.2) is 0 Å². The van der Waals surface area contributed by atoms with Gasteiger partial charge in [0.1, 0.15) is 0 Å². The van der Waals surface area contributed by atoms with Gasteiger partial charge in [-0.2, -0.15) is 0 Å². The van der Waals surface area contributed by atoms with E-state index < -0.39 is 0 Å². The molecule has 0 N–H and O–H groups in total.